The van der Waals surface area contributed by atoms with Gasteiger partial charge in [-0.05, 0) is 24.3 Å². The molecule has 82 valence electrons. The molecule has 0 atom stereocenters. The number of nitrogens with two attached hydrogens (primary N) is 1. The van der Waals surface area contributed by atoms with Crippen LogP contribution in [0.15, 0.2) is 36.8 Å². The highest BCUT2D eigenvalue weighted by Gasteiger charge is 2.09. The molecule has 0 saturated carbocycles. The van der Waals surface area contributed by atoms with E-state index in [1.165, 1.54) is 0 Å². The van der Waals surface area contributed by atoms with E-state index in [9.17, 15) is 0 Å². The van der Waals surface area contributed by atoms with Gasteiger partial charge >= 0.3 is 0 Å². The number of nitrogens with one attached hydrogen (secondary N) is 1. The van der Waals surface area contributed by atoms with Gasteiger partial charge in [0.1, 0.15) is 0 Å². The second-order valence-electron chi connectivity index (χ2n) is 3.75. The molecule has 0 aliphatic rings. The fraction of sp³-hybridized carbons (Fsp3) is 0. The molecule has 1 aromatic carbocycles. The van der Waals surface area contributed by atoms with Crippen LogP contribution in [0.3, 0.4) is 0 Å². The maximum absolute atomic E-state index is 8.85. The van der Waals surface area contributed by atoms with Crippen LogP contribution >= 0.6 is 0 Å². The summed E-state index contributed by atoms with van der Waals surface area (Å²) in [4.78, 5) is 6.97. The maximum atomic E-state index is 8.85. The Morgan fingerprint density at radius 3 is 2.94 bits per heavy atom. The minimum atomic E-state index is 0.624. The van der Waals surface area contributed by atoms with Gasteiger partial charge in [-0.1, -0.05) is 0 Å². The summed E-state index contributed by atoms with van der Waals surface area (Å²) in [5.41, 5.74) is 3.20. The summed E-state index contributed by atoms with van der Waals surface area (Å²) in [6.45, 7) is 0. The lowest BCUT2D eigenvalue weighted by molar-refractivity contribution is 1.07. The number of hydrogen-bond acceptors (Lipinski definition) is 3. The van der Waals surface area contributed by atoms with Gasteiger partial charge in [-0.25, -0.2) is 4.98 Å². The van der Waals surface area contributed by atoms with E-state index in [1.54, 1.807) is 23.3 Å². The first-order valence-electron chi connectivity index (χ1n) is 5.09. The summed E-state index contributed by atoms with van der Waals surface area (Å²) in [5.74, 6) is 6.01. The third kappa shape index (κ3) is 1.35. The zero-order chi connectivity index (χ0) is 11.8. The first kappa shape index (κ1) is 9.48. The number of benzene rings is 1. The summed E-state index contributed by atoms with van der Waals surface area (Å²) in [6.07, 6.45) is 3.32. The Hall–Kier alpha value is -2.74. The Kier molecular flexibility index (Phi) is 1.89. The highest BCUT2D eigenvalue weighted by atomic mass is 15.3. The summed E-state index contributed by atoms with van der Waals surface area (Å²) in [7, 11) is 0. The van der Waals surface area contributed by atoms with E-state index in [1.807, 2.05) is 18.2 Å². The monoisotopic (exact) mass is 223 g/mol. The summed E-state index contributed by atoms with van der Waals surface area (Å²) in [5, 5.41) is 9.79. The highest BCUT2D eigenvalue weighted by Crippen LogP contribution is 2.25. The van der Waals surface area contributed by atoms with Crippen molar-refractivity contribution in [2.24, 2.45) is 0 Å². The van der Waals surface area contributed by atoms with Gasteiger partial charge in [0.2, 0.25) is 0 Å². The van der Waals surface area contributed by atoms with E-state index >= 15 is 0 Å². The van der Waals surface area contributed by atoms with Crippen molar-refractivity contribution in [2.75, 3.05) is 5.84 Å². The lowest BCUT2D eigenvalue weighted by Crippen LogP contribution is -2.09. The second kappa shape index (κ2) is 3.39. The molecule has 0 saturated heterocycles. The number of nitrogen functional groups attached to an aromatic ring is 1. The molecule has 0 fully saturated rings. The van der Waals surface area contributed by atoms with Gasteiger partial charge < -0.3 is 10.8 Å². The summed E-state index contributed by atoms with van der Waals surface area (Å²) >= 11 is 0. The van der Waals surface area contributed by atoms with Crippen molar-refractivity contribution in [1.82, 2.24) is 14.6 Å². The predicted molar refractivity (Wildman–Crippen MR) is 64.4 cm³/mol. The maximum Gasteiger partial charge on any atom is 0.0991 e. The van der Waals surface area contributed by atoms with Gasteiger partial charge in [-0.3, -0.25) is 4.68 Å². The number of fused-ring (bicyclic) bond motifs is 1. The third-order valence-electron chi connectivity index (χ3n) is 2.74. The first-order valence-corrected chi connectivity index (χ1v) is 5.09. The van der Waals surface area contributed by atoms with E-state index in [0.717, 1.165) is 22.3 Å². The van der Waals surface area contributed by atoms with E-state index in [4.69, 9.17) is 11.1 Å². The van der Waals surface area contributed by atoms with Crippen molar-refractivity contribution in [3.8, 4) is 17.5 Å². The van der Waals surface area contributed by atoms with Crippen LogP contribution in [-0.4, -0.2) is 14.6 Å². The van der Waals surface area contributed by atoms with Crippen LogP contribution in [0.5, 0.6) is 0 Å². The van der Waals surface area contributed by atoms with Crippen molar-refractivity contribution >= 4 is 10.9 Å². The van der Waals surface area contributed by atoms with Crippen LogP contribution in [0.1, 0.15) is 5.56 Å². The number of nitrogens with zero attached hydrogens (tertiary/aromatic N) is 3. The highest BCUT2D eigenvalue weighted by molar-refractivity contribution is 5.87. The fourth-order valence-electron chi connectivity index (χ4n) is 1.91. The van der Waals surface area contributed by atoms with Crippen LogP contribution in [0.4, 0.5) is 0 Å². The minimum Gasteiger partial charge on any atom is -0.343 e. The van der Waals surface area contributed by atoms with Crippen molar-refractivity contribution < 1.29 is 0 Å². The summed E-state index contributed by atoms with van der Waals surface area (Å²) < 4.78 is 1.59. The molecule has 0 radical (unpaired) electrons. The van der Waals surface area contributed by atoms with Gasteiger partial charge in [-0.2, -0.15) is 5.26 Å². The zero-order valence-electron chi connectivity index (χ0n) is 8.88. The van der Waals surface area contributed by atoms with Crippen LogP contribution in [0.25, 0.3) is 22.3 Å². The van der Waals surface area contributed by atoms with Crippen LogP contribution in [-0.2, 0) is 0 Å². The topological polar surface area (TPSA) is 83.4 Å². The quantitative estimate of drug-likeness (QED) is 0.615. The smallest absolute Gasteiger partial charge is 0.0991 e. The molecule has 17 heavy (non-hydrogen) atoms. The van der Waals surface area contributed by atoms with Crippen LogP contribution < -0.4 is 5.84 Å². The predicted octanol–water partition coefficient (Wildman–Crippen LogP) is 1.62. The average Bonchev–Trinajstić information content (AvgIpc) is 2.97. The van der Waals surface area contributed by atoms with Gasteiger partial charge in [0.15, 0.2) is 0 Å². The van der Waals surface area contributed by atoms with Gasteiger partial charge in [0, 0.05) is 5.39 Å². The van der Waals surface area contributed by atoms with Crippen molar-refractivity contribution in [2.45, 2.75) is 0 Å². The van der Waals surface area contributed by atoms with E-state index in [0.29, 0.717) is 5.56 Å². The molecule has 0 aliphatic carbocycles. The van der Waals surface area contributed by atoms with Crippen molar-refractivity contribution in [1.29, 1.82) is 5.26 Å². The lowest BCUT2D eigenvalue weighted by Gasteiger charge is -2.00. The summed E-state index contributed by atoms with van der Waals surface area (Å²) in [6, 6.07) is 9.46. The SMILES string of the molecule is N#Cc1ccc2c(c1)cc(-c1cnc[nH]1)n2N. The molecule has 0 amide bonds. The van der Waals surface area contributed by atoms with E-state index in [2.05, 4.69) is 16.0 Å². The molecular weight excluding hydrogens is 214 g/mol. The number of hydrogen-bond donors (Lipinski definition) is 2. The number of aromatic amines is 1. The van der Waals surface area contributed by atoms with Gasteiger partial charge in [0.05, 0.1) is 41.1 Å². The molecule has 0 bridgehead atoms. The van der Waals surface area contributed by atoms with Gasteiger partial charge in [-0.15, -0.1) is 0 Å². The molecule has 0 spiro atoms. The van der Waals surface area contributed by atoms with Gasteiger partial charge in [0.25, 0.3) is 0 Å². The zero-order valence-corrected chi connectivity index (χ0v) is 8.88. The molecular formula is C12H9N5. The van der Waals surface area contributed by atoms with Crippen molar-refractivity contribution in [3.05, 3.63) is 42.4 Å². The van der Waals surface area contributed by atoms with E-state index < -0.39 is 0 Å². The standard InChI is InChI=1S/C12H9N5/c13-5-8-1-2-11-9(3-8)4-12(17(11)14)10-6-15-7-16-10/h1-4,6-7H,14H2,(H,15,16). The molecule has 0 unspecified atom stereocenters. The molecule has 0 aliphatic heterocycles. The fourth-order valence-corrected chi connectivity index (χ4v) is 1.91. The van der Waals surface area contributed by atoms with Crippen LogP contribution in [0.2, 0.25) is 0 Å². The molecule has 2 aromatic heterocycles. The largest absolute Gasteiger partial charge is 0.343 e. The number of rotatable bonds is 1. The molecule has 3 N–H and O–H groups in total. The molecule has 5 nitrogen and oxygen atoms in total. The molecule has 5 heteroatoms. The average molecular weight is 223 g/mol. The number of aromatic nitrogens is 3. The Labute approximate surface area is 97.1 Å². The third-order valence-corrected chi connectivity index (χ3v) is 2.74. The Morgan fingerprint density at radius 1 is 1.35 bits per heavy atom. The first-order chi connectivity index (χ1) is 8.29. The second-order valence-corrected chi connectivity index (χ2v) is 3.75. The van der Waals surface area contributed by atoms with Crippen LogP contribution in [0, 0.1) is 11.3 Å². The number of nitriles is 1. The van der Waals surface area contributed by atoms with Crippen molar-refractivity contribution in [3.63, 3.8) is 0 Å². The van der Waals surface area contributed by atoms with E-state index in [-0.39, 0.29) is 0 Å². The molecule has 2 heterocycles. The molecule has 3 aromatic rings. The Morgan fingerprint density at radius 2 is 2.24 bits per heavy atom. The molecule has 3 rings (SSSR count). The number of imidazole rings is 1. The minimum absolute atomic E-state index is 0.624. The Bertz CT molecular complexity index is 715. The number of H-pyrrole nitrogens is 1. The normalized spacial score (nSPS) is 10.5. The lowest BCUT2D eigenvalue weighted by atomic mass is 10.2. The Balaban J connectivity index is 2.29.